The van der Waals surface area contributed by atoms with Crippen LogP contribution in [0.5, 0.6) is 0 Å². The van der Waals surface area contributed by atoms with E-state index in [2.05, 4.69) is 0 Å². The topological polar surface area (TPSA) is 81.9 Å². The minimum Gasteiger partial charge on any atom is -0.385 e. The second-order valence-corrected chi connectivity index (χ2v) is 7.06. The Balaban J connectivity index is 2.91. The standard InChI is InChI=1S/C12H22N2O4S2/c1-17-7-3-5-14(6-8-18-2)20(15,16)12-4-9-19-11(12)10-13/h4,9H,3,5-8,10,13H2,1-2H3. The average Bonchev–Trinajstić information content (AvgIpc) is 2.91. The lowest BCUT2D eigenvalue weighted by Gasteiger charge is -2.21. The van der Waals surface area contributed by atoms with E-state index in [0.29, 0.717) is 42.5 Å². The predicted octanol–water partition coefficient (Wildman–Crippen LogP) is 0.880. The number of hydrogen-bond acceptors (Lipinski definition) is 6. The van der Waals surface area contributed by atoms with Gasteiger partial charge in [-0.25, -0.2) is 8.42 Å². The number of methoxy groups -OCH3 is 2. The van der Waals surface area contributed by atoms with E-state index in [0.717, 1.165) is 0 Å². The lowest BCUT2D eigenvalue weighted by atomic mass is 10.4. The average molecular weight is 322 g/mol. The van der Waals surface area contributed by atoms with Crippen molar-refractivity contribution in [2.24, 2.45) is 5.73 Å². The summed E-state index contributed by atoms with van der Waals surface area (Å²) in [6.07, 6.45) is 0.640. The van der Waals surface area contributed by atoms with Crippen LogP contribution in [0.3, 0.4) is 0 Å². The molecule has 0 spiro atoms. The van der Waals surface area contributed by atoms with E-state index in [-0.39, 0.29) is 6.54 Å². The maximum atomic E-state index is 12.7. The molecule has 0 bridgehead atoms. The Morgan fingerprint density at radius 2 is 1.95 bits per heavy atom. The van der Waals surface area contributed by atoms with E-state index in [9.17, 15) is 8.42 Å². The zero-order valence-corrected chi connectivity index (χ0v) is 13.5. The number of nitrogens with zero attached hydrogens (tertiary/aromatic N) is 1. The van der Waals surface area contributed by atoms with Gasteiger partial charge in [0.1, 0.15) is 0 Å². The molecule has 0 aliphatic carbocycles. The Morgan fingerprint density at radius 1 is 1.25 bits per heavy atom. The van der Waals surface area contributed by atoms with Crippen LogP contribution in [0.1, 0.15) is 11.3 Å². The molecule has 0 aliphatic heterocycles. The van der Waals surface area contributed by atoms with Gasteiger partial charge in [0, 0.05) is 45.3 Å². The Kier molecular flexibility index (Phi) is 7.63. The zero-order valence-electron chi connectivity index (χ0n) is 11.9. The summed E-state index contributed by atoms with van der Waals surface area (Å²) in [4.78, 5) is 0.984. The van der Waals surface area contributed by atoms with Crippen molar-refractivity contribution in [1.29, 1.82) is 0 Å². The third kappa shape index (κ3) is 4.51. The van der Waals surface area contributed by atoms with Gasteiger partial charge in [-0.2, -0.15) is 4.31 Å². The van der Waals surface area contributed by atoms with Crippen LogP contribution < -0.4 is 5.73 Å². The smallest absolute Gasteiger partial charge is 0.244 e. The molecule has 8 heteroatoms. The molecule has 0 aliphatic rings. The van der Waals surface area contributed by atoms with E-state index in [1.807, 2.05) is 0 Å². The molecule has 1 rings (SSSR count). The van der Waals surface area contributed by atoms with E-state index in [4.69, 9.17) is 15.2 Å². The number of sulfonamides is 1. The molecular weight excluding hydrogens is 300 g/mol. The van der Waals surface area contributed by atoms with Crippen molar-refractivity contribution in [3.63, 3.8) is 0 Å². The van der Waals surface area contributed by atoms with Gasteiger partial charge < -0.3 is 15.2 Å². The van der Waals surface area contributed by atoms with Crippen molar-refractivity contribution >= 4 is 21.4 Å². The number of hydrogen-bond donors (Lipinski definition) is 1. The molecule has 0 saturated carbocycles. The highest BCUT2D eigenvalue weighted by atomic mass is 32.2. The first-order valence-electron chi connectivity index (χ1n) is 6.32. The van der Waals surface area contributed by atoms with E-state index in [1.54, 1.807) is 25.7 Å². The van der Waals surface area contributed by atoms with Crippen LogP contribution in [0.25, 0.3) is 0 Å². The first kappa shape index (κ1) is 17.5. The van der Waals surface area contributed by atoms with Gasteiger partial charge in [-0.1, -0.05) is 0 Å². The number of rotatable bonds is 10. The maximum Gasteiger partial charge on any atom is 0.244 e. The Hall–Kier alpha value is -0.510. The van der Waals surface area contributed by atoms with Crippen molar-refractivity contribution in [3.05, 3.63) is 16.3 Å². The molecule has 2 N–H and O–H groups in total. The van der Waals surface area contributed by atoms with Crippen LogP contribution in [0.2, 0.25) is 0 Å². The number of ether oxygens (including phenoxy) is 2. The fourth-order valence-corrected chi connectivity index (χ4v) is 4.55. The molecule has 0 amide bonds. The van der Waals surface area contributed by atoms with Gasteiger partial charge >= 0.3 is 0 Å². The van der Waals surface area contributed by atoms with Crippen molar-refractivity contribution in [2.75, 3.05) is 40.5 Å². The van der Waals surface area contributed by atoms with E-state index >= 15 is 0 Å². The van der Waals surface area contributed by atoms with Gasteiger partial charge in [0.25, 0.3) is 0 Å². The van der Waals surface area contributed by atoms with E-state index < -0.39 is 10.0 Å². The van der Waals surface area contributed by atoms with Crippen LogP contribution in [0, 0.1) is 0 Å². The molecule has 0 unspecified atom stereocenters. The van der Waals surface area contributed by atoms with Crippen LogP contribution in [-0.2, 0) is 26.0 Å². The Bertz CT molecular complexity index is 487. The summed E-state index contributed by atoms with van der Waals surface area (Å²) < 4.78 is 36.7. The molecule has 0 fully saturated rings. The minimum absolute atomic E-state index is 0.225. The molecular formula is C12H22N2O4S2. The fourth-order valence-electron chi connectivity index (χ4n) is 1.78. The number of thiophene rings is 1. The molecule has 1 aromatic rings. The van der Waals surface area contributed by atoms with Gasteiger partial charge in [-0.3, -0.25) is 0 Å². The summed E-state index contributed by atoms with van der Waals surface area (Å²) in [5, 5.41) is 1.75. The molecule has 0 atom stereocenters. The Labute approximate surface area is 124 Å². The third-order valence-electron chi connectivity index (χ3n) is 2.81. The van der Waals surface area contributed by atoms with Crippen LogP contribution in [0.15, 0.2) is 16.3 Å². The van der Waals surface area contributed by atoms with Crippen molar-refractivity contribution in [1.82, 2.24) is 4.31 Å². The quantitative estimate of drug-likeness (QED) is 0.647. The van der Waals surface area contributed by atoms with Gasteiger partial charge in [0.15, 0.2) is 0 Å². The molecule has 116 valence electrons. The Morgan fingerprint density at radius 3 is 2.55 bits per heavy atom. The molecule has 1 aromatic heterocycles. The SMILES string of the molecule is COCCCN(CCOC)S(=O)(=O)c1ccsc1CN. The van der Waals surface area contributed by atoms with Crippen molar-refractivity contribution < 1.29 is 17.9 Å². The summed E-state index contributed by atoms with van der Waals surface area (Å²) in [5.41, 5.74) is 5.60. The predicted molar refractivity (Wildman–Crippen MR) is 79.3 cm³/mol. The van der Waals surface area contributed by atoms with Gasteiger partial charge in [-0.15, -0.1) is 11.3 Å². The summed E-state index contributed by atoms with van der Waals surface area (Å²) >= 11 is 1.36. The second kappa shape index (κ2) is 8.71. The van der Waals surface area contributed by atoms with Gasteiger partial charge in [0.05, 0.1) is 11.5 Å². The molecule has 0 aromatic carbocycles. The molecule has 0 radical (unpaired) electrons. The first-order chi connectivity index (χ1) is 9.57. The largest absolute Gasteiger partial charge is 0.385 e. The summed E-state index contributed by atoms with van der Waals surface area (Å²) in [6, 6.07) is 1.61. The van der Waals surface area contributed by atoms with Gasteiger partial charge in [0.2, 0.25) is 10.0 Å². The molecule has 20 heavy (non-hydrogen) atoms. The van der Waals surface area contributed by atoms with Crippen LogP contribution in [0.4, 0.5) is 0 Å². The van der Waals surface area contributed by atoms with Crippen molar-refractivity contribution in [3.8, 4) is 0 Å². The fraction of sp³-hybridized carbons (Fsp3) is 0.667. The second-order valence-electron chi connectivity index (χ2n) is 4.16. The number of nitrogens with two attached hydrogens (primary N) is 1. The highest BCUT2D eigenvalue weighted by Crippen LogP contribution is 2.24. The van der Waals surface area contributed by atoms with Crippen LogP contribution >= 0.6 is 11.3 Å². The third-order valence-corrected chi connectivity index (χ3v) is 5.86. The summed E-state index contributed by atoms with van der Waals surface area (Å²) in [7, 11) is -0.377. The van der Waals surface area contributed by atoms with Gasteiger partial charge in [-0.05, 0) is 17.9 Å². The van der Waals surface area contributed by atoms with E-state index in [1.165, 1.54) is 15.6 Å². The highest BCUT2D eigenvalue weighted by Gasteiger charge is 2.26. The molecule has 0 saturated heterocycles. The lowest BCUT2D eigenvalue weighted by molar-refractivity contribution is 0.164. The summed E-state index contributed by atoms with van der Waals surface area (Å²) in [6.45, 7) is 1.82. The van der Waals surface area contributed by atoms with Crippen molar-refractivity contribution in [2.45, 2.75) is 17.9 Å². The lowest BCUT2D eigenvalue weighted by Crippen LogP contribution is -2.35. The minimum atomic E-state index is -3.53. The molecule has 6 nitrogen and oxygen atoms in total. The monoisotopic (exact) mass is 322 g/mol. The summed E-state index contributed by atoms with van der Waals surface area (Å²) in [5.74, 6) is 0. The maximum absolute atomic E-state index is 12.7. The highest BCUT2D eigenvalue weighted by molar-refractivity contribution is 7.89. The first-order valence-corrected chi connectivity index (χ1v) is 8.64. The normalized spacial score (nSPS) is 12.2. The van der Waals surface area contributed by atoms with Crippen LogP contribution in [-0.4, -0.2) is 53.2 Å². The molecule has 1 heterocycles. The zero-order chi connectivity index (χ0) is 15.0.